The highest BCUT2D eigenvalue weighted by Crippen LogP contribution is 2.22. The minimum atomic E-state index is 0.962. The Morgan fingerprint density at radius 3 is 1.75 bits per heavy atom. The van der Waals surface area contributed by atoms with E-state index in [9.17, 15) is 0 Å². The molecule has 0 aliphatic rings. The molecule has 16 heavy (non-hydrogen) atoms. The van der Waals surface area contributed by atoms with Crippen LogP contribution < -0.4 is 0 Å². The summed E-state index contributed by atoms with van der Waals surface area (Å²) in [6, 6.07) is 0. The van der Waals surface area contributed by atoms with Crippen molar-refractivity contribution in [3.8, 4) is 0 Å². The van der Waals surface area contributed by atoms with Gasteiger partial charge in [-0.05, 0) is 11.8 Å². The van der Waals surface area contributed by atoms with E-state index in [4.69, 9.17) is 0 Å². The van der Waals surface area contributed by atoms with Crippen molar-refractivity contribution in [2.45, 2.75) is 91.9 Å². The second kappa shape index (κ2) is 11.5. The largest absolute Gasteiger partial charge is 0.0654 e. The highest BCUT2D eigenvalue weighted by molar-refractivity contribution is 4.60. The first kappa shape index (κ1) is 16.0. The minimum absolute atomic E-state index is 0.962. The maximum Gasteiger partial charge on any atom is -0.0417 e. The molecule has 0 amide bonds. The van der Waals surface area contributed by atoms with E-state index in [0.29, 0.717) is 0 Å². The van der Waals surface area contributed by atoms with Crippen molar-refractivity contribution in [2.75, 3.05) is 0 Å². The van der Waals surface area contributed by atoms with Crippen molar-refractivity contribution in [2.24, 2.45) is 11.8 Å². The molecule has 0 aromatic heterocycles. The molecule has 0 saturated carbocycles. The van der Waals surface area contributed by atoms with Crippen LogP contribution in [0.2, 0.25) is 0 Å². The molecule has 0 aliphatic heterocycles. The predicted molar refractivity (Wildman–Crippen MR) is 75.8 cm³/mol. The van der Waals surface area contributed by atoms with Crippen molar-refractivity contribution < 1.29 is 0 Å². The van der Waals surface area contributed by atoms with E-state index < -0.39 is 0 Å². The summed E-state index contributed by atoms with van der Waals surface area (Å²) in [6.45, 7) is 9.40. The average molecular weight is 226 g/mol. The van der Waals surface area contributed by atoms with Crippen LogP contribution >= 0.6 is 0 Å². The molecule has 0 aromatic carbocycles. The van der Waals surface area contributed by atoms with Gasteiger partial charge in [0.05, 0.1) is 0 Å². The molecule has 0 heteroatoms. The van der Waals surface area contributed by atoms with Gasteiger partial charge in [-0.3, -0.25) is 0 Å². The quantitative estimate of drug-likeness (QED) is 0.393. The molecule has 0 bridgehead atoms. The van der Waals surface area contributed by atoms with Crippen LogP contribution in [0.3, 0.4) is 0 Å². The van der Waals surface area contributed by atoms with Gasteiger partial charge in [0.25, 0.3) is 0 Å². The van der Waals surface area contributed by atoms with E-state index in [-0.39, 0.29) is 0 Å². The molecule has 0 radical (unpaired) electrons. The molecule has 0 saturated heterocycles. The highest BCUT2D eigenvalue weighted by Gasteiger charge is 2.07. The summed E-state index contributed by atoms with van der Waals surface area (Å²) in [4.78, 5) is 0. The van der Waals surface area contributed by atoms with E-state index in [2.05, 4.69) is 27.7 Å². The topological polar surface area (TPSA) is 0 Å². The third-order valence-electron chi connectivity index (χ3n) is 3.90. The third-order valence-corrected chi connectivity index (χ3v) is 3.90. The fraction of sp³-hybridized carbons (Fsp3) is 1.00. The molecule has 2 atom stereocenters. The summed E-state index contributed by atoms with van der Waals surface area (Å²) in [5.74, 6) is 1.97. The van der Waals surface area contributed by atoms with Gasteiger partial charge in [-0.1, -0.05) is 91.9 Å². The lowest BCUT2D eigenvalue weighted by atomic mass is 9.90. The Kier molecular flexibility index (Phi) is 11.5. The minimum Gasteiger partial charge on any atom is -0.0654 e. The molecule has 0 rings (SSSR count). The molecule has 0 nitrogen and oxygen atoms in total. The maximum atomic E-state index is 2.43. The summed E-state index contributed by atoms with van der Waals surface area (Å²) >= 11 is 0. The van der Waals surface area contributed by atoms with E-state index in [1.807, 2.05) is 0 Å². The van der Waals surface area contributed by atoms with Gasteiger partial charge >= 0.3 is 0 Å². The number of unbranched alkanes of at least 4 members (excludes halogenated alkanes) is 2. The third kappa shape index (κ3) is 9.24. The second-order valence-electron chi connectivity index (χ2n) is 5.59. The first-order valence-corrected chi connectivity index (χ1v) is 7.74. The Hall–Kier alpha value is 0. The summed E-state index contributed by atoms with van der Waals surface area (Å²) in [5, 5.41) is 0. The van der Waals surface area contributed by atoms with E-state index in [1.54, 1.807) is 0 Å². The molecule has 98 valence electrons. The molecule has 0 aromatic rings. The Balaban J connectivity index is 3.45. The van der Waals surface area contributed by atoms with E-state index >= 15 is 0 Å². The molecular formula is C16H34. The summed E-state index contributed by atoms with van der Waals surface area (Å²) in [7, 11) is 0. The molecule has 0 spiro atoms. The zero-order valence-corrected chi connectivity index (χ0v) is 12.2. The van der Waals surface area contributed by atoms with Crippen LogP contribution in [0.15, 0.2) is 0 Å². The van der Waals surface area contributed by atoms with Gasteiger partial charge in [0.2, 0.25) is 0 Å². The van der Waals surface area contributed by atoms with Crippen LogP contribution in [0, 0.1) is 11.8 Å². The van der Waals surface area contributed by atoms with Gasteiger partial charge < -0.3 is 0 Å². The van der Waals surface area contributed by atoms with Crippen LogP contribution in [-0.4, -0.2) is 0 Å². The van der Waals surface area contributed by atoms with Crippen LogP contribution in [0.4, 0.5) is 0 Å². The Bertz CT molecular complexity index is 128. The highest BCUT2D eigenvalue weighted by atomic mass is 14.1. The van der Waals surface area contributed by atoms with Crippen molar-refractivity contribution in [3.05, 3.63) is 0 Å². The van der Waals surface area contributed by atoms with E-state index in [0.717, 1.165) is 11.8 Å². The standard InChI is InChI=1S/C16H34/c1-5-8-11-15(4)12-10-14-16(7-3)13-9-6-2/h15-16H,5-14H2,1-4H3. The Morgan fingerprint density at radius 1 is 0.688 bits per heavy atom. The van der Waals surface area contributed by atoms with Gasteiger partial charge in [-0.25, -0.2) is 0 Å². The molecule has 0 N–H and O–H groups in total. The molecule has 0 fully saturated rings. The molecular weight excluding hydrogens is 192 g/mol. The molecule has 0 heterocycles. The lowest BCUT2D eigenvalue weighted by Crippen LogP contribution is -2.01. The summed E-state index contributed by atoms with van der Waals surface area (Å²) < 4.78 is 0. The fourth-order valence-electron chi connectivity index (χ4n) is 2.50. The van der Waals surface area contributed by atoms with Crippen molar-refractivity contribution in [1.82, 2.24) is 0 Å². The SMILES string of the molecule is CCCCC(C)CCCC(CC)CCCC. The summed E-state index contributed by atoms with van der Waals surface area (Å²) in [5.41, 5.74) is 0. The summed E-state index contributed by atoms with van der Waals surface area (Å²) in [6.07, 6.45) is 14.3. The monoisotopic (exact) mass is 226 g/mol. The molecule has 0 aliphatic carbocycles. The van der Waals surface area contributed by atoms with Crippen LogP contribution in [0.25, 0.3) is 0 Å². The average Bonchev–Trinajstić information content (AvgIpc) is 2.30. The predicted octanol–water partition coefficient (Wildman–Crippen LogP) is 6.20. The van der Waals surface area contributed by atoms with E-state index in [1.165, 1.54) is 64.2 Å². The second-order valence-corrected chi connectivity index (χ2v) is 5.59. The first-order valence-electron chi connectivity index (χ1n) is 7.74. The van der Waals surface area contributed by atoms with Crippen LogP contribution in [0.5, 0.6) is 0 Å². The number of rotatable bonds is 11. The van der Waals surface area contributed by atoms with Gasteiger partial charge in [-0.2, -0.15) is 0 Å². The van der Waals surface area contributed by atoms with Crippen LogP contribution in [-0.2, 0) is 0 Å². The van der Waals surface area contributed by atoms with Crippen LogP contribution in [0.1, 0.15) is 91.9 Å². The zero-order valence-electron chi connectivity index (χ0n) is 12.2. The van der Waals surface area contributed by atoms with Crippen molar-refractivity contribution in [1.29, 1.82) is 0 Å². The normalized spacial score (nSPS) is 15.0. The van der Waals surface area contributed by atoms with Crippen molar-refractivity contribution >= 4 is 0 Å². The van der Waals surface area contributed by atoms with Crippen molar-refractivity contribution in [3.63, 3.8) is 0 Å². The Morgan fingerprint density at radius 2 is 1.19 bits per heavy atom. The van der Waals surface area contributed by atoms with Gasteiger partial charge in [0.15, 0.2) is 0 Å². The molecule has 2 unspecified atom stereocenters. The van der Waals surface area contributed by atoms with Gasteiger partial charge in [-0.15, -0.1) is 0 Å². The number of hydrogen-bond acceptors (Lipinski definition) is 0. The lowest BCUT2D eigenvalue weighted by molar-refractivity contribution is 0.373. The zero-order chi connectivity index (χ0) is 12.2. The smallest absolute Gasteiger partial charge is 0.0417 e. The lowest BCUT2D eigenvalue weighted by Gasteiger charge is -2.16. The Labute approximate surface area is 104 Å². The first-order chi connectivity index (χ1) is 7.74. The van der Waals surface area contributed by atoms with Gasteiger partial charge in [0, 0.05) is 0 Å². The maximum absolute atomic E-state index is 2.43. The fourth-order valence-corrected chi connectivity index (χ4v) is 2.50. The van der Waals surface area contributed by atoms with Gasteiger partial charge in [0.1, 0.15) is 0 Å². The number of hydrogen-bond donors (Lipinski definition) is 0.